The molecule has 0 saturated carbocycles. The first-order chi connectivity index (χ1) is 12.1. The van der Waals surface area contributed by atoms with Crippen molar-refractivity contribution in [1.29, 1.82) is 0 Å². The molecule has 1 unspecified atom stereocenters. The number of ether oxygens (including phenoxy) is 1. The van der Waals surface area contributed by atoms with Gasteiger partial charge in [-0.1, -0.05) is 12.1 Å². The third-order valence-electron chi connectivity index (χ3n) is 3.78. The van der Waals surface area contributed by atoms with E-state index in [0.29, 0.717) is 24.5 Å². The van der Waals surface area contributed by atoms with E-state index in [-0.39, 0.29) is 11.9 Å². The number of aromatic nitrogens is 2. The summed E-state index contributed by atoms with van der Waals surface area (Å²) < 4.78 is 7.72. The summed E-state index contributed by atoms with van der Waals surface area (Å²) in [6, 6.07) is 13.0. The Balaban J connectivity index is 1.60. The highest BCUT2D eigenvalue weighted by Gasteiger charge is 2.08. The standard InChI is InChI=1S/C19H22N4O2/c1-14(20)8-9-21-19(24)15-5-4-6-17(11-15)25-13-16-12-23-10-3-2-7-18(23)22-16/h2-7,10-12,14H,8-9,13,20H2,1H3,(H,21,24). The van der Waals surface area contributed by atoms with Crippen molar-refractivity contribution in [1.82, 2.24) is 14.7 Å². The molecular formula is C19H22N4O2. The summed E-state index contributed by atoms with van der Waals surface area (Å²) >= 11 is 0. The molecule has 25 heavy (non-hydrogen) atoms. The molecule has 3 rings (SSSR count). The maximum atomic E-state index is 12.1. The Kier molecular flexibility index (Phi) is 5.30. The number of nitrogens with zero attached hydrogens (tertiary/aromatic N) is 2. The van der Waals surface area contributed by atoms with Crippen LogP contribution >= 0.6 is 0 Å². The van der Waals surface area contributed by atoms with Crippen molar-refractivity contribution in [2.24, 2.45) is 5.73 Å². The summed E-state index contributed by atoms with van der Waals surface area (Å²) in [5, 5.41) is 2.86. The number of nitrogens with one attached hydrogen (secondary N) is 1. The Bertz CT molecular complexity index is 824. The molecular weight excluding hydrogens is 316 g/mol. The first kappa shape index (κ1) is 17.0. The van der Waals surface area contributed by atoms with Gasteiger partial charge in [0.2, 0.25) is 0 Å². The van der Waals surface area contributed by atoms with Gasteiger partial charge >= 0.3 is 0 Å². The van der Waals surface area contributed by atoms with Crippen molar-refractivity contribution in [2.75, 3.05) is 6.54 Å². The number of carbonyl (C=O) groups excluding carboxylic acids is 1. The molecule has 0 aliphatic heterocycles. The quantitative estimate of drug-likeness (QED) is 0.693. The zero-order valence-corrected chi connectivity index (χ0v) is 14.2. The van der Waals surface area contributed by atoms with E-state index in [4.69, 9.17) is 10.5 Å². The summed E-state index contributed by atoms with van der Waals surface area (Å²) in [7, 11) is 0. The highest BCUT2D eigenvalue weighted by molar-refractivity contribution is 5.94. The van der Waals surface area contributed by atoms with E-state index in [0.717, 1.165) is 17.8 Å². The topological polar surface area (TPSA) is 81.6 Å². The van der Waals surface area contributed by atoms with Crippen LogP contribution < -0.4 is 15.8 Å². The summed E-state index contributed by atoms with van der Waals surface area (Å²) in [6.45, 7) is 2.82. The number of hydrogen-bond acceptors (Lipinski definition) is 4. The van der Waals surface area contributed by atoms with Gasteiger partial charge in [0.1, 0.15) is 18.0 Å². The van der Waals surface area contributed by atoms with E-state index in [1.165, 1.54) is 0 Å². The largest absolute Gasteiger partial charge is 0.487 e. The lowest BCUT2D eigenvalue weighted by Gasteiger charge is -2.09. The maximum Gasteiger partial charge on any atom is 0.251 e. The van der Waals surface area contributed by atoms with Crippen molar-refractivity contribution in [3.63, 3.8) is 0 Å². The Morgan fingerprint density at radius 1 is 1.32 bits per heavy atom. The molecule has 0 aliphatic carbocycles. The molecule has 0 saturated heterocycles. The number of fused-ring (bicyclic) bond motifs is 1. The monoisotopic (exact) mass is 338 g/mol. The number of carbonyl (C=O) groups is 1. The molecule has 6 nitrogen and oxygen atoms in total. The van der Waals surface area contributed by atoms with Crippen LogP contribution in [0, 0.1) is 0 Å². The second-order valence-corrected chi connectivity index (χ2v) is 6.04. The normalized spacial score (nSPS) is 12.1. The van der Waals surface area contributed by atoms with Crippen molar-refractivity contribution in [2.45, 2.75) is 26.0 Å². The molecule has 0 fully saturated rings. The van der Waals surface area contributed by atoms with Gasteiger partial charge in [-0.3, -0.25) is 4.79 Å². The number of hydrogen-bond donors (Lipinski definition) is 2. The minimum absolute atomic E-state index is 0.0698. The predicted octanol–water partition coefficient (Wildman–Crippen LogP) is 2.38. The average Bonchev–Trinajstić information content (AvgIpc) is 3.03. The van der Waals surface area contributed by atoms with Crippen LogP contribution in [-0.4, -0.2) is 27.9 Å². The number of imidazole rings is 1. The van der Waals surface area contributed by atoms with E-state index in [1.807, 2.05) is 48.0 Å². The summed E-state index contributed by atoms with van der Waals surface area (Å²) in [5.41, 5.74) is 7.96. The summed E-state index contributed by atoms with van der Waals surface area (Å²) in [5.74, 6) is 0.510. The van der Waals surface area contributed by atoms with Gasteiger partial charge in [0.15, 0.2) is 0 Å². The van der Waals surface area contributed by atoms with Crippen LogP contribution in [0.5, 0.6) is 5.75 Å². The molecule has 3 aromatic rings. The Hall–Kier alpha value is -2.86. The van der Waals surface area contributed by atoms with Gasteiger partial charge in [-0.2, -0.15) is 0 Å². The van der Waals surface area contributed by atoms with Gasteiger partial charge in [-0.15, -0.1) is 0 Å². The van der Waals surface area contributed by atoms with Crippen molar-refractivity contribution < 1.29 is 9.53 Å². The molecule has 3 N–H and O–H groups in total. The second kappa shape index (κ2) is 7.81. The lowest BCUT2D eigenvalue weighted by molar-refractivity contribution is 0.0952. The van der Waals surface area contributed by atoms with Crippen LogP contribution in [0.4, 0.5) is 0 Å². The first-order valence-electron chi connectivity index (χ1n) is 8.31. The second-order valence-electron chi connectivity index (χ2n) is 6.04. The van der Waals surface area contributed by atoms with Gasteiger partial charge < -0.3 is 20.2 Å². The fourth-order valence-electron chi connectivity index (χ4n) is 2.46. The van der Waals surface area contributed by atoms with Crippen molar-refractivity contribution in [3.05, 3.63) is 66.1 Å². The van der Waals surface area contributed by atoms with Gasteiger partial charge in [0, 0.05) is 30.5 Å². The molecule has 0 aliphatic rings. The lowest BCUT2D eigenvalue weighted by Crippen LogP contribution is -2.28. The fraction of sp³-hybridized carbons (Fsp3) is 0.263. The Morgan fingerprint density at radius 2 is 2.20 bits per heavy atom. The number of pyridine rings is 1. The molecule has 1 amide bonds. The van der Waals surface area contributed by atoms with Crippen molar-refractivity contribution >= 4 is 11.6 Å². The minimum Gasteiger partial charge on any atom is -0.487 e. The molecule has 2 aromatic heterocycles. The third kappa shape index (κ3) is 4.58. The number of nitrogens with two attached hydrogens (primary N) is 1. The average molecular weight is 338 g/mol. The van der Waals surface area contributed by atoms with E-state index >= 15 is 0 Å². The van der Waals surface area contributed by atoms with Gasteiger partial charge in [0.05, 0.1) is 5.69 Å². The number of amides is 1. The van der Waals surface area contributed by atoms with Crippen LogP contribution in [0.1, 0.15) is 29.4 Å². The number of benzene rings is 1. The Labute approximate surface area is 146 Å². The van der Waals surface area contributed by atoms with Gasteiger partial charge in [-0.25, -0.2) is 4.98 Å². The number of rotatable bonds is 7. The molecule has 2 heterocycles. The molecule has 0 bridgehead atoms. The first-order valence-corrected chi connectivity index (χ1v) is 8.31. The molecule has 1 aromatic carbocycles. The fourth-order valence-corrected chi connectivity index (χ4v) is 2.46. The van der Waals surface area contributed by atoms with Crippen LogP contribution in [0.3, 0.4) is 0 Å². The van der Waals surface area contributed by atoms with E-state index in [9.17, 15) is 4.79 Å². The highest BCUT2D eigenvalue weighted by Crippen LogP contribution is 2.15. The zero-order valence-electron chi connectivity index (χ0n) is 14.2. The van der Waals surface area contributed by atoms with E-state index in [1.54, 1.807) is 18.2 Å². The van der Waals surface area contributed by atoms with Gasteiger partial charge in [0.25, 0.3) is 5.91 Å². The van der Waals surface area contributed by atoms with Crippen LogP contribution in [0.15, 0.2) is 54.9 Å². The summed E-state index contributed by atoms with van der Waals surface area (Å²) in [4.78, 5) is 16.6. The maximum absolute atomic E-state index is 12.1. The van der Waals surface area contributed by atoms with E-state index in [2.05, 4.69) is 10.3 Å². The summed E-state index contributed by atoms with van der Waals surface area (Å²) in [6.07, 6.45) is 4.62. The van der Waals surface area contributed by atoms with Gasteiger partial charge in [-0.05, 0) is 43.7 Å². The van der Waals surface area contributed by atoms with Crippen LogP contribution in [0.25, 0.3) is 5.65 Å². The minimum atomic E-state index is -0.126. The van der Waals surface area contributed by atoms with Crippen LogP contribution in [-0.2, 0) is 6.61 Å². The predicted molar refractivity (Wildman–Crippen MR) is 96.6 cm³/mol. The third-order valence-corrected chi connectivity index (χ3v) is 3.78. The van der Waals surface area contributed by atoms with Crippen LogP contribution in [0.2, 0.25) is 0 Å². The molecule has 0 radical (unpaired) electrons. The SMILES string of the molecule is CC(N)CCNC(=O)c1cccc(OCc2cn3ccccc3n2)c1. The molecule has 130 valence electrons. The molecule has 6 heteroatoms. The molecule has 1 atom stereocenters. The Morgan fingerprint density at radius 3 is 3.00 bits per heavy atom. The van der Waals surface area contributed by atoms with E-state index < -0.39 is 0 Å². The smallest absolute Gasteiger partial charge is 0.251 e. The molecule has 0 spiro atoms. The van der Waals surface area contributed by atoms with Crippen molar-refractivity contribution in [3.8, 4) is 5.75 Å². The lowest BCUT2D eigenvalue weighted by atomic mass is 10.2. The zero-order chi connectivity index (χ0) is 17.6. The highest BCUT2D eigenvalue weighted by atomic mass is 16.5.